The Hall–Kier alpha value is -1.92. The molecule has 6 nitrogen and oxygen atoms in total. The van der Waals surface area contributed by atoms with E-state index in [4.69, 9.17) is 10.8 Å². The molecule has 1 aromatic carbocycles. The van der Waals surface area contributed by atoms with Gasteiger partial charge in [0.1, 0.15) is 6.04 Å². The lowest BCUT2D eigenvalue weighted by Gasteiger charge is -2.25. The van der Waals surface area contributed by atoms with Crippen molar-refractivity contribution < 1.29 is 14.7 Å². The summed E-state index contributed by atoms with van der Waals surface area (Å²) in [5.74, 6) is -1.30. The summed E-state index contributed by atoms with van der Waals surface area (Å²) in [6.07, 6.45) is 0.111. The molecule has 0 saturated carbocycles. The lowest BCUT2D eigenvalue weighted by molar-refractivity contribution is -0.140. The van der Waals surface area contributed by atoms with Crippen LogP contribution in [-0.2, 0) is 16.1 Å². The van der Waals surface area contributed by atoms with Crippen molar-refractivity contribution in [1.82, 2.24) is 10.4 Å². The lowest BCUT2D eigenvalue weighted by atomic mass is 10.1. The second-order valence-electron chi connectivity index (χ2n) is 4.28. The van der Waals surface area contributed by atoms with Crippen LogP contribution in [-0.4, -0.2) is 34.1 Å². The molecule has 4 N–H and O–H groups in total. The fraction of sp³-hybridized carbons (Fsp3) is 0.333. The largest absolute Gasteiger partial charge is 0.480 e. The van der Waals surface area contributed by atoms with Gasteiger partial charge in [0.2, 0.25) is 5.91 Å². The number of hydrogen-bond acceptors (Lipinski definition) is 4. The number of nitrogens with one attached hydrogen (secondary N) is 1. The predicted octanol–water partition coefficient (Wildman–Crippen LogP) is -0.296. The van der Waals surface area contributed by atoms with Crippen LogP contribution in [0, 0.1) is 0 Å². The highest BCUT2D eigenvalue weighted by Gasteiger charge is 2.37. The summed E-state index contributed by atoms with van der Waals surface area (Å²) in [4.78, 5) is 22.3. The van der Waals surface area contributed by atoms with E-state index in [-0.39, 0.29) is 12.3 Å². The molecule has 6 heteroatoms. The van der Waals surface area contributed by atoms with Crippen LogP contribution in [0.2, 0.25) is 0 Å². The Bertz CT molecular complexity index is 449. The third-order valence-electron chi connectivity index (χ3n) is 2.96. The fourth-order valence-corrected chi connectivity index (χ4v) is 2.01. The van der Waals surface area contributed by atoms with Gasteiger partial charge in [0, 0.05) is 13.0 Å². The summed E-state index contributed by atoms with van der Waals surface area (Å²) in [6.45, 7) is 0.443. The van der Waals surface area contributed by atoms with Crippen molar-refractivity contribution in [2.75, 3.05) is 0 Å². The van der Waals surface area contributed by atoms with E-state index in [1.54, 1.807) is 5.01 Å². The number of aliphatic carboxylic acids is 1. The van der Waals surface area contributed by atoms with Gasteiger partial charge in [-0.2, -0.15) is 0 Å². The number of hydrogen-bond donors (Lipinski definition) is 3. The van der Waals surface area contributed by atoms with Crippen molar-refractivity contribution in [1.29, 1.82) is 0 Å². The van der Waals surface area contributed by atoms with Gasteiger partial charge in [0.15, 0.2) is 0 Å². The zero-order valence-corrected chi connectivity index (χ0v) is 9.74. The normalized spacial score (nSPS) is 21.6. The van der Waals surface area contributed by atoms with Crippen LogP contribution in [0.25, 0.3) is 0 Å². The van der Waals surface area contributed by atoms with Crippen LogP contribution in [0.1, 0.15) is 12.0 Å². The standard InChI is InChI=1S/C12H15N3O3/c13-11(12(17)18)9-6-10(16)14-15(9)7-8-4-2-1-3-5-8/h1-5,9,11H,6-7,13H2,(H,14,16)(H,17,18)/t9-,11+/m1/s1. The van der Waals surface area contributed by atoms with E-state index in [1.807, 2.05) is 30.3 Å². The Morgan fingerprint density at radius 3 is 2.78 bits per heavy atom. The highest BCUT2D eigenvalue weighted by Crippen LogP contribution is 2.16. The van der Waals surface area contributed by atoms with E-state index in [0.717, 1.165) is 5.56 Å². The smallest absolute Gasteiger partial charge is 0.322 e. The van der Waals surface area contributed by atoms with Gasteiger partial charge in [-0.15, -0.1) is 0 Å². The number of amides is 1. The number of carboxylic acids is 1. The van der Waals surface area contributed by atoms with E-state index in [9.17, 15) is 9.59 Å². The molecule has 18 heavy (non-hydrogen) atoms. The van der Waals surface area contributed by atoms with Gasteiger partial charge in [0.05, 0.1) is 6.04 Å². The first-order valence-electron chi connectivity index (χ1n) is 5.66. The second kappa shape index (κ2) is 5.16. The molecule has 1 heterocycles. The molecule has 2 atom stereocenters. The maximum atomic E-state index is 11.4. The third kappa shape index (κ3) is 2.66. The third-order valence-corrected chi connectivity index (χ3v) is 2.96. The second-order valence-corrected chi connectivity index (χ2v) is 4.28. The fourth-order valence-electron chi connectivity index (χ4n) is 2.01. The average molecular weight is 249 g/mol. The molecule has 2 rings (SSSR count). The van der Waals surface area contributed by atoms with Crippen molar-refractivity contribution >= 4 is 11.9 Å². The Balaban J connectivity index is 2.10. The van der Waals surface area contributed by atoms with E-state index in [2.05, 4.69) is 5.43 Å². The molecule has 1 saturated heterocycles. The van der Waals surface area contributed by atoms with Crippen LogP contribution in [0.5, 0.6) is 0 Å². The van der Waals surface area contributed by atoms with Gasteiger partial charge in [-0.3, -0.25) is 15.0 Å². The Morgan fingerprint density at radius 1 is 1.50 bits per heavy atom. The number of rotatable bonds is 4. The van der Waals surface area contributed by atoms with Crippen LogP contribution in [0.15, 0.2) is 30.3 Å². The summed E-state index contributed by atoms with van der Waals surface area (Å²) in [5.41, 5.74) is 9.22. The monoisotopic (exact) mass is 249 g/mol. The SMILES string of the molecule is N[C@H](C(=O)O)[C@H]1CC(=O)NN1Cc1ccccc1. The molecule has 0 aromatic heterocycles. The minimum Gasteiger partial charge on any atom is -0.480 e. The first kappa shape index (κ1) is 12.5. The zero-order chi connectivity index (χ0) is 13.1. The molecule has 0 bridgehead atoms. The first-order chi connectivity index (χ1) is 8.58. The quantitative estimate of drug-likeness (QED) is 0.681. The van der Waals surface area contributed by atoms with E-state index in [0.29, 0.717) is 6.54 Å². The maximum absolute atomic E-state index is 11.4. The molecular formula is C12H15N3O3. The average Bonchev–Trinajstić information content (AvgIpc) is 2.70. The highest BCUT2D eigenvalue weighted by molar-refractivity contribution is 5.81. The highest BCUT2D eigenvalue weighted by atomic mass is 16.4. The van der Waals surface area contributed by atoms with Gasteiger partial charge in [0.25, 0.3) is 0 Å². The molecule has 1 fully saturated rings. The number of carboxylic acid groups (broad SMARTS) is 1. The van der Waals surface area contributed by atoms with E-state index in [1.165, 1.54) is 0 Å². The van der Waals surface area contributed by atoms with Crippen molar-refractivity contribution in [3.63, 3.8) is 0 Å². The number of carbonyl (C=O) groups is 2. The molecule has 1 aliphatic rings. The molecule has 0 radical (unpaired) electrons. The van der Waals surface area contributed by atoms with Crippen LogP contribution in [0.4, 0.5) is 0 Å². The Labute approximate surface area is 104 Å². The molecule has 1 aliphatic heterocycles. The summed E-state index contributed by atoms with van der Waals surface area (Å²) >= 11 is 0. The molecular weight excluding hydrogens is 234 g/mol. The van der Waals surface area contributed by atoms with Crippen molar-refractivity contribution in [2.24, 2.45) is 5.73 Å². The number of nitrogens with zero attached hydrogens (tertiary/aromatic N) is 1. The molecule has 1 aromatic rings. The Morgan fingerprint density at radius 2 is 2.17 bits per heavy atom. The molecule has 0 spiro atoms. The van der Waals surface area contributed by atoms with Gasteiger partial charge in [-0.1, -0.05) is 30.3 Å². The predicted molar refractivity (Wildman–Crippen MR) is 64.1 cm³/mol. The maximum Gasteiger partial charge on any atom is 0.322 e. The van der Waals surface area contributed by atoms with Crippen LogP contribution >= 0.6 is 0 Å². The van der Waals surface area contributed by atoms with E-state index >= 15 is 0 Å². The van der Waals surface area contributed by atoms with E-state index < -0.39 is 18.1 Å². The van der Waals surface area contributed by atoms with Gasteiger partial charge >= 0.3 is 5.97 Å². The topological polar surface area (TPSA) is 95.7 Å². The summed E-state index contributed by atoms with van der Waals surface area (Å²) < 4.78 is 0. The summed E-state index contributed by atoms with van der Waals surface area (Å²) in [5, 5.41) is 10.5. The van der Waals surface area contributed by atoms with Crippen molar-refractivity contribution in [3.05, 3.63) is 35.9 Å². The van der Waals surface area contributed by atoms with Crippen molar-refractivity contribution in [3.8, 4) is 0 Å². The number of carbonyl (C=O) groups excluding carboxylic acids is 1. The first-order valence-corrected chi connectivity index (χ1v) is 5.66. The minimum atomic E-state index is -1.10. The number of benzene rings is 1. The summed E-state index contributed by atoms with van der Waals surface area (Å²) in [7, 11) is 0. The number of nitrogens with two attached hydrogens (primary N) is 1. The van der Waals surface area contributed by atoms with Crippen LogP contribution in [0.3, 0.4) is 0 Å². The Kier molecular flexibility index (Phi) is 3.59. The van der Waals surface area contributed by atoms with Crippen molar-refractivity contribution in [2.45, 2.75) is 25.0 Å². The lowest BCUT2D eigenvalue weighted by Crippen LogP contribution is -2.50. The molecule has 1 amide bonds. The van der Waals surface area contributed by atoms with Gasteiger partial charge in [-0.25, -0.2) is 5.01 Å². The van der Waals surface area contributed by atoms with Crippen LogP contribution < -0.4 is 11.2 Å². The van der Waals surface area contributed by atoms with Gasteiger partial charge < -0.3 is 10.8 Å². The van der Waals surface area contributed by atoms with Gasteiger partial charge in [-0.05, 0) is 5.56 Å². The molecule has 96 valence electrons. The number of hydrazine groups is 1. The minimum absolute atomic E-state index is 0.111. The summed E-state index contributed by atoms with van der Waals surface area (Å²) in [6, 6.07) is 7.90. The molecule has 0 aliphatic carbocycles. The molecule has 0 unspecified atom stereocenters. The zero-order valence-electron chi connectivity index (χ0n) is 9.74.